The van der Waals surface area contributed by atoms with Gasteiger partial charge in [-0.3, -0.25) is 9.59 Å². The number of halogens is 1. The number of amides is 2. The summed E-state index contributed by atoms with van der Waals surface area (Å²) in [6.45, 7) is 5.29. The molecule has 23 heavy (non-hydrogen) atoms. The van der Waals surface area contributed by atoms with E-state index < -0.39 is 0 Å². The summed E-state index contributed by atoms with van der Waals surface area (Å²) in [5.41, 5.74) is 1.15. The minimum absolute atomic E-state index is 0.0746. The van der Waals surface area contributed by atoms with Gasteiger partial charge in [-0.2, -0.15) is 0 Å². The molecule has 1 aliphatic heterocycles. The van der Waals surface area contributed by atoms with E-state index in [1.165, 1.54) is 6.08 Å². The van der Waals surface area contributed by atoms with Crippen molar-refractivity contribution in [1.29, 1.82) is 0 Å². The Kier molecular flexibility index (Phi) is 6.54. The molecule has 0 radical (unpaired) electrons. The average molecular weight is 353 g/mol. The SMILES string of the molecule is C=CC(=O)N1CCSC(C(=O)N(C)CCc2ccc(Cl)cc2)C1. The van der Waals surface area contributed by atoms with Crippen molar-refractivity contribution < 1.29 is 9.59 Å². The zero-order valence-corrected chi connectivity index (χ0v) is 14.8. The molecule has 2 amide bonds. The lowest BCUT2D eigenvalue weighted by Gasteiger charge is -2.33. The van der Waals surface area contributed by atoms with Crippen LogP contribution >= 0.6 is 23.4 Å². The van der Waals surface area contributed by atoms with Crippen molar-refractivity contribution in [1.82, 2.24) is 9.80 Å². The minimum Gasteiger partial charge on any atom is -0.344 e. The highest BCUT2D eigenvalue weighted by Crippen LogP contribution is 2.21. The first-order chi connectivity index (χ1) is 11.0. The molecule has 1 fully saturated rings. The van der Waals surface area contributed by atoms with Crippen molar-refractivity contribution in [3.8, 4) is 0 Å². The number of thioether (sulfide) groups is 1. The zero-order valence-electron chi connectivity index (χ0n) is 13.2. The van der Waals surface area contributed by atoms with Crippen LogP contribution in [0.1, 0.15) is 5.56 Å². The van der Waals surface area contributed by atoms with Gasteiger partial charge in [0.15, 0.2) is 0 Å². The van der Waals surface area contributed by atoms with E-state index in [0.717, 1.165) is 17.7 Å². The number of nitrogens with zero attached hydrogens (tertiary/aromatic N) is 2. The van der Waals surface area contributed by atoms with Crippen molar-refractivity contribution >= 4 is 35.2 Å². The summed E-state index contributed by atoms with van der Waals surface area (Å²) in [6, 6.07) is 7.66. The Hall–Kier alpha value is -1.46. The van der Waals surface area contributed by atoms with Crippen LogP contribution in [-0.4, -0.2) is 59.3 Å². The second-order valence-electron chi connectivity index (χ2n) is 5.48. The van der Waals surface area contributed by atoms with Gasteiger partial charge in [0.25, 0.3) is 0 Å². The van der Waals surface area contributed by atoms with Gasteiger partial charge in [-0.25, -0.2) is 0 Å². The molecule has 124 valence electrons. The smallest absolute Gasteiger partial charge is 0.246 e. The van der Waals surface area contributed by atoms with E-state index in [1.54, 1.807) is 21.6 Å². The largest absolute Gasteiger partial charge is 0.344 e. The monoisotopic (exact) mass is 352 g/mol. The molecule has 1 atom stereocenters. The van der Waals surface area contributed by atoms with Gasteiger partial charge >= 0.3 is 0 Å². The number of hydrogen-bond acceptors (Lipinski definition) is 3. The molecule has 0 aromatic heterocycles. The van der Waals surface area contributed by atoms with E-state index in [1.807, 2.05) is 31.3 Å². The van der Waals surface area contributed by atoms with E-state index in [9.17, 15) is 9.59 Å². The van der Waals surface area contributed by atoms with Crippen LogP contribution in [0.15, 0.2) is 36.9 Å². The molecular formula is C17H21ClN2O2S. The number of carbonyl (C=O) groups excluding carboxylic acids is 2. The molecule has 1 aliphatic rings. The predicted octanol–water partition coefficient (Wildman–Crippen LogP) is 2.47. The number of likely N-dealkylation sites (N-methyl/N-ethyl adjacent to an activating group) is 1. The maximum Gasteiger partial charge on any atom is 0.246 e. The fourth-order valence-corrected chi connectivity index (χ4v) is 3.78. The van der Waals surface area contributed by atoms with Crippen LogP contribution in [-0.2, 0) is 16.0 Å². The summed E-state index contributed by atoms with van der Waals surface area (Å²) in [5.74, 6) is 0.749. The predicted molar refractivity (Wildman–Crippen MR) is 95.8 cm³/mol. The molecule has 2 rings (SSSR count). The van der Waals surface area contributed by atoms with Gasteiger partial charge in [0.05, 0.1) is 0 Å². The summed E-state index contributed by atoms with van der Waals surface area (Å²) in [7, 11) is 1.81. The third-order valence-corrected chi connectivity index (χ3v) is 5.28. The maximum atomic E-state index is 12.6. The highest BCUT2D eigenvalue weighted by Gasteiger charge is 2.29. The first kappa shape index (κ1) is 17.9. The lowest BCUT2D eigenvalue weighted by Crippen LogP contribution is -2.48. The van der Waals surface area contributed by atoms with Crippen LogP contribution < -0.4 is 0 Å². The summed E-state index contributed by atoms with van der Waals surface area (Å²) >= 11 is 7.49. The Bertz CT molecular complexity index is 576. The Balaban J connectivity index is 1.87. The number of carbonyl (C=O) groups is 2. The van der Waals surface area contributed by atoms with Gasteiger partial charge in [0, 0.05) is 37.5 Å². The first-order valence-electron chi connectivity index (χ1n) is 7.53. The summed E-state index contributed by atoms with van der Waals surface area (Å²) in [4.78, 5) is 27.7. The van der Waals surface area contributed by atoms with Gasteiger partial charge < -0.3 is 9.80 Å². The Labute approximate surface area is 146 Å². The van der Waals surface area contributed by atoms with Gasteiger partial charge in [-0.05, 0) is 30.2 Å². The molecule has 1 unspecified atom stereocenters. The molecule has 6 heteroatoms. The van der Waals surface area contributed by atoms with Crippen LogP contribution in [0.25, 0.3) is 0 Å². The van der Waals surface area contributed by atoms with Crippen LogP contribution in [0.5, 0.6) is 0 Å². The van der Waals surface area contributed by atoms with Crippen molar-refractivity contribution in [2.45, 2.75) is 11.7 Å². The van der Waals surface area contributed by atoms with Gasteiger partial charge in [-0.1, -0.05) is 30.3 Å². The van der Waals surface area contributed by atoms with Crippen molar-refractivity contribution in [2.75, 3.05) is 32.4 Å². The molecule has 0 aliphatic carbocycles. The number of benzene rings is 1. The molecule has 4 nitrogen and oxygen atoms in total. The van der Waals surface area contributed by atoms with Crippen LogP contribution in [0.2, 0.25) is 5.02 Å². The Morgan fingerprint density at radius 2 is 2.13 bits per heavy atom. The standard InChI is InChI=1S/C17H21ClN2O2S/c1-3-16(21)20-10-11-23-15(12-20)17(22)19(2)9-8-13-4-6-14(18)7-5-13/h3-7,15H,1,8-12H2,2H3. The molecule has 0 bridgehead atoms. The molecular weight excluding hydrogens is 332 g/mol. The van der Waals surface area contributed by atoms with Crippen molar-refractivity contribution in [2.24, 2.45) is 0 Å². The zero-order chi connectivity index (χ0) is 16.8. The molecule has 0 saturated carbocycles. The molecule has 1 aromatic rings. The minimum atomic E-state index is -0.192. The second-order valence-corrected chi connectivity index (χ2v) is 7.23. The van der Waals surface area contributed by atoms with Crippen LogP contribution in [0.4, 0.5) is 0 Å². The molecule has 1 aromatic carbocycles. The van der Waals surface area contributed by atoms with E-state index >= 15 is 0 Å². The quantitative estimate of drug-likeness (QED) is 0.764. The number of hydrogen-bond donors (Lipinski definition) is 0. The lowest BCUT2D eigenvalue weighted by atomic mass is 10.1. The Morgan fingerprint density at radius 3 is 2.78 bits per heavy atom. The topological polar surface area (TPSA) is 40.6 Å². The van der Waals surface area contributed by atoms with E-state index in [4.69, 9.17) is 11.6 Å². The second kappa shape index (κ2) is 8.41. The van der Waals surface area contributed by atoms with E-state index in [-0.39, 0.29) is 17.1 Å². The van der Waals surface area contributed by atoms with Gasteiger partial charge in [0.2, 0.25) is 11.8 Å². The highest BCUT2D eigenvalue weighted by molar-refractivity contribution is 8.00. The molecule has 1 heterocycles. The van der Waals surface area contributed by atoms with Crippen LogP contribution in [0, 0.1) is 0 Å². The van der Waals surface area contributed by atoms with Gasteiger partial charge in [-0.15, -0.1) is 11.8 Å². The third kappa shape index (κ3) is 5.01. The summed E-state index contributed by atoms with van der Waals surface area (Å²) < 4.78 is 0. The fraction of sp³-hybridized carbons (Fsp3) is 0.412. The van der Waals surface area contributed by atoms with Gasteiger partial charge in [0.1, 0.15) is 5.25 Å². The average Bonchev–Trinajstić information content (AvgIpc) is 2.59. The molecule has 1 saturated heterocycles. The molecule has 0 N–H and O–H groups in total. The highest BCUT2D eigenvalue weighted by atomic mass is 35.5. The lowest BCUT2D eigenvalue weighted by molar-refractivity contribution is -0.131. The van der Waals surface area contributed by atoms with Crippen molar-refractivity contribution in [3.63, 3.8) is 0 Å². The molecule has 0 spiro atoms. The maximum absolute atomic E-state index is 12.6. The van der Waals surface area contributed by atoms with E-state index in [2.05, 4.69) is 6.58 Å². The van der Waals surface area contributed by atoms with E-state index in [0.29, 0.717) is 24.7 Å². The first-order valence-corrected chi connectivity index (χ1v) is 8.96. The van der Waals surface area contributed by atoms with Crippen LogP contribution in [0.3, 0.4) is 0 Å². The fourth-order valence-electron chi connectivity index (χ4n) is 2.43. The normalized spacial score (nSPS) is 17.7. The third-order valence-electron chi connectivity index (χ3n) is 3.85. The number of rotatable bonds is 5. The summed E-state index contributed by atoms with van der Waals surface area (Å²) in [5, 5.41) is 0.520. The van der Waals surface area contributed by atoms with Crippen molar-refractivity contribution in [3.05, 3.63) is 47.5 Å². The Morgan fingerprint density at radius 1 is 1.43 bits per heavy atom. The summed E-state index contributed by atoms with van der Waals surface area (Å²) in [6.07, 6.45) is 2.09.